The zero-order valence-corrected chi connectivity index (χ0v) is 13.4. The Hall–Kier alpha value is -0.260. The highest BCUT2D eigenvalue weighted by atomic mass is 32.2. The van der Waals surface area contributed by atoms with E-state index in [9.17, 15) is 4.79 Å². The fourth-order valence-corrected chi connectivity index (χ4v) is 4.08. The van der Waals surface area contributed by atoms with E-state index in [0.717, 1.165) is 32.4 Å². The molecule has 116 valence electrons. The maximum absolute atomic E-state index is 11.8. The molecule has 0 amide bonds. The lowest BCUT2D eigenvalue weighted by molar-refractivity contribution is -0.149. The van der Waals surface area contributed by atoms with Crippen LogP contribution in [0.25, 0.3) is 0 Å². The van der Waals surface area contributed by atoms with Crippen LogP contribution < -0.4 is 5.32 Å². The summed E-state index contributed by atoms with van der Waals surface area (Å²) in [7, 11) is 0. The average molecular weight is 300 g/mol. The third-order valence-corrected chi connectivity index (χ3v) is 5.20. The molecule has 0 bridgehead atoms. The van der Waals surface area contributed by atoms with Gasteiger partial charge in [0, 0.05) is 43.7 Å². The molecule has 5 heteroatoms. The van der Waals surface area contributed by atoms with Gasteiger partial charge in [0.15, 0.2) is 0 Å². The molecule has 2 atom stereocenters. The van der Waals surface area contributed by atoms with E-state index in [0.29, 0.717) is 12.6 Å². The van der Waals surface area contributed by atoms with E-state index in [1.54, 1.807) is 0 Å². The molecule has 0 aromatic carbocycles. The second kappa shape index (κ2) is 8.90. The largest absolute Gasteiger partial charge is 0.466 e. The summed E-state index contributed by atoms with van der Waals surface area (Å²) in [6, 6.07) is 0.498. The first kappa shape index (κ1) is 16.1. The quantitative estimate of drug-likeness (QED) is 0.757. The van der Waals surface area contributed by atoms with Crippen molar-refractivity contribution in [1.29, 1.82) is 0 Å². The zero-order chi connectivity index (χ0) is 14.2. The van der Waals surface area contributed by atoms with Gasteiger partial charge in [0.2, 0.25) is 0 Å². The van der Waals surface area contributed by atoms with E-state index in [4.69, 9.17) is 4.74 Å². The number of carbonyl (C=O) groups excluding carboxylic acids is 1. The predicted octanol–water partition coefficient (Wildman–Crippen LogP) is 1.75. The van der Waals surface area contributed by atoms with Gasteiger partial charge in [-0.05, 0) is 26.2 Å². The standard InChI is InChI=1S/C15H28N2O2S/c1-2-19-15(18)13-4-3-5-14(12-13)16-6-7-17-8-10-20-11-9-17/h13-14,16H,2-12H2,1H3. The number of nitrogens with zero attached hydrogens (tertiary/aromatic N) is 1. The number of hydrogen-bond acceptors (Lipinski definition) is 5. The van der Waals surface area contributed by atoms with Gasteiger partial charge in [0.1, 0.15) is 0 Å². The third-order valence-electron chi connectivity index (χ3n) is 4.26. The maximum Gasteiger partial charge on any atom is 0.308 e. The number of nitrogens with one attached hydrogen (secondary N) is 1. The molecule has 1 N–H and O–H groups in total. The number of hydrogen-bond donors (Lipinski definition) is 1. The van der Waals surface area contributed by atoms with E-state index < -0.39 is 0 Å². The molecule has 2 rings (SSSR count). The van der Waals surface area contributed by atoms with Crippen LogP contribution in [0, 0.1) is 5.92 Å². The summed E-state index contributed by atoms with van der Waals surface area (Å²) in [6.45, 7) is 7.02. The van der Waals surface area contributed by atoms with E-state index in [1.807, 2.05) is 6.92 Å². The Morgan fingerprint density at radius 1 is 1.35 bits per heavy atom. The molecule has 2 aliphatic rings. The lowest BCUT2D eigenvalue weighted by atomic mass is 9.86. The number of rotatable bonds is 6. The van der Waals surface area contributed by atoms with Gasteiger partial charge in [-0.3, -0.25) is 4.79 Å². The fourth-order valence-electron chi connectivity index (χ4n) is 3.10. The molecular weight excluding hydrogens is 272 g/mol. The summed E-state index contributed by atoms with van der Waals surface area (Å²) in [4.78, 5) is 14.3. The highest BCUT2D eigenvalue weighted by Crippen LogP contribution is 2.25. The Balaban J connectivity index is 1.63. The molecule has 20 heavy (non-hydrogen) atoms. The van der Waals surface area contributed by atoms with Crippen molar-refractivity contribution in [2.75, 3.05) is 44.3 Å². The summed E-state index contributed by atoms with van der Waals surface area (Å²) < 4.78 is 5.15. The summed E-state index contributed by atoms with van der Waals surface area (Å²) in [6.07, 6.45) is 4.29. The molecule has 0 spiro atoms. The maximum atomic E-state index is 11.8. The second-order valence-electron chi connectivity index (χ2n) is 5.72. The van der Waals surface area contributed by atoms with E-state index in [1.165, 1.54) is 31.0 Å². The van der Waals surface area contributed by atoms with E-state index >= 15 is 0 Å². The van der Waals surface area contributed by atoms with Crippen LogP contribution >= 0.6 is 11.8 Å². The minimum atomic E-state index is 0.00653. The molecule has 1 heterocycles. The Bertz CT molecular complexity index is 296. The lowest BCUT2D eigenvalue weighted by Crippen LogP contribution is -2.42. The molecule has 2 fully saturated rings. The minimum absolute atomic E-state index is 0.00653. The monoisotopic (exact) mass is 300 g/mol. The average Bonchev–Trinajstić information content (AvgIpc) is 2.49. The van der Waals surface area contributed by atoms with Crippen molar-refractivity contribution < 1.29 is 9.53 Å². The minimum Gasteiger partial charge on any atom is -0.466 e. The number of ether oxygens (including phenoxy) is 1. The summed E-state index contributed by atoms with van der Waals surface area (Å²) >= 11 is 2.05. The molecule has 1 aliphatic heterocycles. The van der Waals surface area contributed by atoms with Gasteiger partial charge in [0.05, 0.1) is 12.5 Å². The van der Waals surface area contributed by atoms with Crippen LogP contribution in [0.2, 0.25) is 0 Å². The summed E-state index contributed by atoms with van der Waals surface area (Å²) in [5, 5.41) is 3.64. The molecule has 2 unspecified atom stereocenters. The van der Waals surface area contributed by atoms with Crippen molar-refractivity contribution in [3.63, 3.8) is 0 Å². The molecule has 1 aliphatic carbocycles. The van der Waals surface area contributed by atoms with Crippen molar-refractivity contribution in [2.24, 2.45) is 5.92 Å². The van der Waals surface area contributed by atoms with E-state index in [2.05, 4.69) is 22.0 Å². The number of thioether (sulfide) groups is 1. The lowest BCUT2D eigenvalue weighted by Gasteiger charge is -2.30. The molecule has 1 saturated heterocycles. The highest BCUT2D eigenvalue weighted by Gasteiger charge is 2.27. The SMILES string of the molecule is CCOC(=O)C1CCCC(NCCN2CCSCC2)C1. The number of carbonyl (C=O) groups is 1. The first-order valence-corrected chi connectivity index (χ1v) is 9.15. The first-order chi connectivity index (χ1) is 9.79. The normalized spacial score (nSPS) is 28.2. The fraction of sp³-hybridized carbons (Fsp3) is 0.933. The van der Waals surface area contributed by atoms with Gasteiger partial charge in [0.25, 0.3) is 0 Å². The third kappa shape index (κ3) is 5.26. The molecule has 1 saturated carbocycles. The van der Waals surface area contributed by atoms with Crippen LogP contribution in [-0.4, -0.2) is 61.2 Å². The van der Waals surface area contributed by atoms with Crippen molar-refractivity contribution in [2.45, 2.75) is 38.6 Å². The smallest absolute Gasteiger partial charge is 0.308 e. The Kier molecular flexibility index (Phi) is 7.17. The van der Waals surface area contributed by atoms with E-state index in [-0.39, 0.29) is 11.9 Å². The molecule has 4 nitrogen and oxygen atoms in total. The molecule has 0 aromatic rings. The van der Waals surface area contributed by atoms with Crippen LogP contribution in [0.15, 0.2) is 0 Å². The highest BCUT2D eigenvalue weighted by molar-refractivity contribution is 7.99. The van der Waals surface area contributed by atoms with Crippen molar-refractivity contribution in [1.82, 2.24) is 10.2 Å². The molecule has 0 aromatic heterocycles. The summed E-state index contributed by atoms with van der Waals surface area (Å²) in [5.41, 5.74) is 0. The molecular formula is C15H28N2O2S. The van der Waals surface area contributed by atoms with Crippen molar-refractivity contribution in [3.8, 4) is 0 Å². The van der Waals surface area contributed by atoms with Gasteiger partial charge in [-0.1, -0.05) is 6.42 Å². The summed E-state index contributed by atoms with van der Waals surface area (Å²) in [5.74, 6) is 2.67. The molecule has 0 radical (unpaired) electrons. The van der Waals surface area contributed by atoms with Crippen LogP contribution in [0.3, 0.4) is 0 Å². The van der Waals surface area contributed by atoms with Crippen LogP contribution in [0.1, 0.15) is 32.6 Å². The van der Waals surface area contributed by atoms with Crippen molar-refractivity contribution >= 4 is 17.7 Å². The van der Waals surface area contributed by atoms with Crippen LogP contribution in [0.4, 0.5) is 0 Å². The Labute approximate surface area is 127 Å². The van der Waals surface area contributed by atoms with Crippen molar-refractivity contribution in [3.05, 3.63) is 0 Å². The Morgan fingerprint density at radius 3 is 2.90 bits per heavy atom. The van der Waals surface area contributed by atoms with Gasteiger partial charge in [-0.2, -0.15) is 11.8 Å². The van der Waals surface area contributed by atoms with Gasteiger partial charge >= 0.3 is 5.97 Å². The zero-order valence-electron chi connectivity index (χ0n) is 12.6. The van der Waals surface area contributed by atoms with Crippen LogP contribution in [-0.2, 0) is 9.53 Å². The van der Waals surface area contributed by atoms with Gasteiger partial charge in [-0.25, -0.2) is 0 Å². The van der Waals surface area contributed by atoms with Gasteiger partial charge in [-0.15, -0.1) is 0 Å². The Morgan fingerprint density at radius 2 is 2.15 bits per heavy atom. The van der Waals surface area contributed by atoms with Crippen LogP contribution in [0.5, 0.6) is 0 Å². The number of esters is 1. The second-order valence-corrected chi connectivity index (χ2v) is 6.95. The first-order valence-electron chi connectivity index (χ1n) is 7.99. The van der Waals surface area contributed by atoms with Gasteiger partial charge < -0.3 is 15.0 Å². The predicted molar refractivity (Wildman–Crippen MR) is 84.1 cm³/mol. The topological polar surface area (TPSA) is 41.6 Å².